The van der Waals surface area contributed by atoms with Crippen LogP contribution in [0.15, 0.2) is 18.2 Å². The second-order valence-electron chi connectivity index (χ2n) is 5.81. The number of rotatable bonds is 3. The van der Waals surface area contributed by atoms with Crippen molar-refractivity contribution < 1.29 is 19.0 Å². The van der Waals surface area contributed by atoms with Gasteiger partial charge in [0.1, 0.15) is 11.6 Å². The van der Waals surface area contributed by atoms with Crippen molar-refractivity contribution in [3.05, 3.63) is 29.6 Å². The van der Waals surface area contributed by atoms with Gasteiger partial charge in [-0.25, -0.2) is 9.18 Å². The number of nitrogens with zero attached hydrogens (tertiary/aromatic N) is 1. The van der Waals surface area contributed by atoms with E-state index in [9.17, 15) is 14.3 Å². The molecule has 0 saturated carbocycles. The van der Waals surface area contributed by atoms with Crippen molar-refractivity contribution >= 4 is 6.03 Å². The van der Waals surface area contributed by atoms with Crippen molar-refractivity contribution in [2.75, 3.05) is 20.2 Å². The van der Waals surface area contributed by atoms with Crippen LogP contribution in [0.3, 0.4) is 0 Å². The van der Waals surface area contributed by atoms with Gasteiger partial charge in [0, 0.05) is 13.1 Å². The van der Waals surface area contributed by atoms with Crippen molar-refractivity contribution in [2.24, 2.45) is 5.92 Å². The number of nitrogens with one attached hydrogen (secondary N) is 1. The minimum absolute atomic E-state index is 0.188. The number of halogens is 1. The molecule has 0 radical (unpaired) electrons. The molecule has 1 aliphatic heterocycles. The number of aliphatic hydroxyl groups excluding tert-OH is 1. The number of hydrogen-bond acceptors (Lipinski definition) is 3. The van der Waals surface area contributed by atoms with E-state index in [1.54, 1.807) is 24.0 Å². The Hall–Kier alpha value is -1.82. The molecule has 1 aromatic carbocycles. The summed E-state index contributed by atoms with van der Waals surface area (Å²) in [6.45, 7) is 4.56. The highest BCUT2D eigenvalue weighted by Gasteiger charge is 2.28. The summed E-state index contributed by atoms with van der Waals surface area (Å²) in [6, 6.07) is 3.73. The van der Waals surface area contributed by atoms with Crippen LogP contribution in [0.1, 0.15) is 31.9 Å². The van der Waals surface area contributed by atoms with Crippen molar-refractivity contribution in [2.45, 2.75) is 32.4 Å². The molecule has 0 spiro atoms. The summed E-state index contributed by atoms with van der Waals surface area (Å²) >= 11 is 0. The summed E-state index contributed by atoms with van der Waals surface area (Å²) in [7, 11) is 1.47. The average molecular weight is 310 g/mol. The maximum Gasteiger partial charge on any atom is 0.317 e. The van der Waals surface area contributed by atoms with E-state index in [0.717, 1.165) is 6.42 Å². The highest BCUT2D eigenvalue weighted by Crippen LogP contribution is 2.28. The van der Waals surface area contributed by atoms with E-state index in [1.807, 2.05) is 6.92 Å². The first kappa shape index (κ1) is 16.5. The molecular formula is C16H23FN2O3. The van der Waals surface area contributed by atoms with Crippen LogP contribution >= 0.6 is 0 Å². The Bertz CT molecular complexity index is 538. The van der Waals surface area contributed by atoms with Gasteiger partial charge in [-0.2, -0.15) is 0 Å². The molecule has 1 aliphatic rings. The van der Waals surface area contributed by atoms with Gasteiger partial charge >= 0.3 is 6.03 Å². The molecule has 3 unspecified atom stereocenters. The van der Waals surface area contributed by atoms with Gasteiger partial charge in [-0.1, -0.05) is 13.0 Å². The SMILES string of the molecule is COc1cccc(F)c1C(C)NC(=O)N1CCC(C)C(O)C1. The zero-order chi connectivity index (χ0) is 16.3. The van der Waals surface area contributed by atoms with Crippen molar-refractivity contribution in [3.63, 3.8) is 0 Å². The molecule has 122 valence electrons. The van der Waals surface area contributed by atoms with E-state index in [0.29, 0.717) is 24.4 Å². The molecule has 2 amide bonds. The van der Waals surface area contributed by atoms with E-state index in [1.165, 1.54) is 13.2 Å². The number of carbonyl (C=O) groups excluding carboxylic acids is 1. The lowest BCUT2D eigenvalue weighted by atomic mass is 9.96. The minimum atomic E-state index is -0.528. The number of benzene rings is 1. The van der Waals surface area contributed by atoms with Crippen LogP contribution in [0.5, 0.6) is 5.75 Å². The highest BCUT2D eigenvalue weighted by molar-refractivity contribution is 5.75. The molecule has 0 aromatic heterocycles. The van der Waals surface area contributed by atoms with Crippen LogP contribution < -0.4 is 10.1 Å². The fraction of sp³-hybridized carbons (Fsp3) is 0.562. The molecule has 0 aliphatic carbocycles. The molecule has 6 heteroatoms. The van der Waals surface area contributed by atoms with Crippen LogP contribution in [0, 0.1) is 11.7 Å². The Kier molecular flexibility index (Phi) is 5.24. The average Bonchev–Trinajstić information content (AvgIpc) is 2.49. The number of hydrogen-bond donors (Lipinski definition) is 2. The zero-order valence-corrected chi connectivity index (χ0v) is 13.2. The van der Waals surface area contributed by atoms with Gasteiger partial charge in [0.15, 0.2) is 0 Å². The predicted molar refractivity (Wildman–Crippen MR) is 81.3 cm³/mol. The molecule has 3 atom stereocenters. The Balaban J connectivity index is 2.06. The molecule has 1 saturated heterocycles. The van der Waals surface area contributed by atoms with Gasteiger partial charge in [0.25, 0.3) is 0 Å². The van der Waals surface area contributed by atoms with Gasteiger partial charge < -0.3 is 20.1 Å². The predicted octanol–water partition coefficient (Wildman–Crippen LogP) is 2.31. The molecule has 5 nitrogen and oxygen atoms in total. The third-order valence-corrected chi connectivity index (χ3v) is 4.21. The normalized spacial score (nSPS) is 23.0. The largest absolute Gasteiger partial charge is 0.496 e. The van der Waals surface area contributed by atoms with Crippen LogP contribution in [-0.4, -0.2) is 42.3 Å². The Labute approximate surface area is 130 Å². The summed E-state index contributed by atoms with van der Waals surface area (Å²) in [5.74, 6) is 0.174. The number of β-amino-alcohol motifs (C(OH)–C–C–N with tert-alkyl or cyclic N) is 1. The standard InChI is InChI=1S/C16H23FN2O3/c1-10-7-8-19(9-13(10)20)16(21)18-11(2)15-12(17)5-4-6-14(15)22-3/h4-6,10-11,13,20H,7-9H2,1-3H3,(H,18,21). The molecule has 0 bridgehead atoms. The quantitative estimate of drug-likeness (QED) is 0.900. The van der Waals surface area contributed by atoms with Gasteiger partial charge in [-0.05, 0) is 31.4 Å². The fourth-order valence-electron chi connectivity index (χ4n) is 2.70. The molecule has 1 aromatic rings. The number of amides is 2. The first-order valence-corrected chi connectivity index (χ1v) is 7.50. The van der Waals surface area contributed by atoms with Crippen LogP contribution in [0.25, 0.3) is 0 Å². The van der Waals surface area contributed by atoms with E-state index in [-0.39, 0.29) is 11.9 Å². The summed E-state index contributed by atoms with van der Waals surface area (Å²) in [4.78, 5) is 13.8. The molecule has 2 N–H and O–H groups in total. The fourth-order valence-corrected chi connectivity index (χ4v) is 2.70. The second kappa shape index (κ2) is 6.96. The summed E-state index contributed by atoms with van der Waals surface area (Å²) in [6.07, 6.45) is 0.240. The molecular weight excluding hydrogens is 287 g/mol. The highest BCUT2D eigenvalue weighted by atomic mass is 19.1. The second-order valence-corrected chi connectivity index (χ2v) is 5.81. The number of methoxy groups -OCH3 is 1. The van der Waals surface area contributed by atoms with Crippen molar-refractivity contribution in [1.29, 1.82) is 0 Å². The van der Waals surface area contributed by atoms with E-state index >= 15 is 0 Å². The molecule has 22 heavy (non-hydrogen) atoms. The van der Waals surface area contributed by atoms with E-state index in [4.69, 9.17) is 4.74 Å². The smallest absolute Gasteiger partial charge is 0.317 e. The van der Waals surface area contributed by atoms with Gasteiger partial charge in [-0.15, -0.1) is 0 Å². The maximum absolute atomic E-state index is 14.0. The summed E-state index contributed by atoms with van der Waals surface area (Å²) < 4.78 is 19.2. The van der Waals surface area contributed by atoms with E-state index in [2.05, 4.69) is 5.32 Å². The van der Waals surface area contributed by atoms with E-state index < -0.39 is 18.0 Å². The number of aliphatic hydroxyl groups is 1. The zero-order valence-electron chi connectivity index (χ0n) is 13.2. The lowest BCUT2D eigenvalue weighted by Gasteiger charge is -2.35. The lowest BCUT2D eigenvalue weighted by molar-refractivity contribution is 0.0430. The van der Waals surface area contributed by atoms with Gasteiger partial charge in [0.05, 0.1) is 24.8 Å². The topological polar surface area (TPSA) is 61.8 Å². The third kappa shape index (κ3) is 3.50. The Morgan fingerprint density at radius 2 is 2.27 bits per heavy atom. The molecule has 2 rings (SSSR count). The van der Waals surface area contributed by atoms with Crippen LogP contribution in [0.2, 0.25) is 0 Å². The number of ether oxygens (including phenoxy) is 1. The third-order valence-electron chi connectivity index (χ3n) is 4.21. The first-order chi connectivity index (χ1) is 10.4. The van der Waals surface area contributed by atoms with Crippen LogP contribution in [-0.2, 0) is 0 Å². The molecule has 1 heterocycles. The maximum atomic E-state index is 14.0. The number of piperidine rings is 1. The van der Waals surface area contributed by atoms with Crippen molar-refractivity contribution in [3.8, 4) is 5.75 Å². The first-order valence-electron chi connectivity index (χ1n) is 7.50. The minimum Gasteiger partial charge on any atom is -0.496 e. The lowest BCUT2D eigenvalue weighted by Crippen LogP contribution is -2.50. The number of urea groups is 1. The van der Waals surface area contributed by atoms with Gasteiger partial charge in [-0.3, -0.25) is 0 Å². The summed E-state index contributed by atoms with van der Waals surface area (Å²) in [5.41, 5.74) is 0.323. The Morgan fingerprint density at radius 1 is 1.55 bits per heavy atom. The van der Waals surface area contributed by atoms with Gasteiger partial charge in [0.2, 0.25) is 0 Å². The number of carbonyl (C=O) groups is 1. The van der Waals surface area contributed by atoms with Crippen molar-refractivity contribution in [1.82, 2.24) is 10.2 Å². The van der Waals surface area contributed by atoms with Crippen LogP contribution in [0.4, 0.5) is 9.18 Å². The monoisotopic (exact) mass is 310 g/mol. The number of likely N-dealkylation sites (tertiary alicyclic amines) is 1. The summed E-state index contributed by atoms with van der Waals surface area (Å²) in [5, 5.41) is 12.6. The molecule has 1 fully saturated rings. The Morgan fingerprint density at radius 3 is 2.91 bits per heavy atom.